The molecule has 1 aromatic rings. The Labute approximate surface area is 149 Å². The van der Waals surface area contributed by atoms with Gasteiger partial charge < -0.3 is 15.5 Å². The Hall–Kier alpha value is -2.14. The van der Waals surface area contributed by atoms with Crippen LogP contribution in [0.2, 0.25) is 0 Å². The molecule has 5 nitrogen and oxygen atoms in total. The normalized spacial score (nSPS) is 20.4. The molecule has 2 unspecified atom stereocenters. The molecule has 0 saturated carbocycles. The van der Waals surface area contributed by atoms with E-state index < -0.39 is 0 Å². The van der Waals surface area contributed by atoms with Gasteiger partial charge in [0, 0.05) is 24.4 Å². The lowest BCUT2D eigenvalue weighted by molar-refractivity contribution is -0.125. The molecule has 1 aromatic carbocycles. The summed E-state index contributed by atoms with van der Waals surface area (Å²) in [6, 6.07) is 7.83. The Morgan fingerprint density at radius 3 is 2.80 bits per heavy atom. The highest BCUT2D eigenvalue weighted by atomic mass is 16.2. The van der Waals surface area contributed by atoms with Crippen molar-refractivity contribution < 1.29 is 9.59 Å². The summed E-state index contributed by atoms with van der Waals surface area (Å²) in [4.78, 5) is 26.6. The van der Waals surface area contributed by atoms with E-state index in [4.69, 9.17) is 0 Å². The Morgan fingerprint density at radius 1 is 1.36 bits per heavy atom. The van der Waals surface area contributed by atoms with Crippen molar-refractivity contribution in [3.8, 4) is 0 Å². The molecule has 0 aliphatic carbocycles. The summed E-state index contributed by atoms with van der Waals surface area (Å²) < 4.78 is 0. The maximum atomic E-state index is 12.6. The molecule has 2 aliphatic heterocycles. The number of carbonyl (C=O) groups excluding carboxylic acids is 2. The van der Waals surface area contributed by atoms with Crippen LogP contribution in [-0.4, -0.2) is 37.0 Å². The molecule has 25 heavy (non-hydrogen) atoms. The second-order valence-corrected chi connectivity index (χ2v) is 7.27. The summed E-state index contributed by atoms with van der Waals surface area (Å²) in [5.74, 6) is 0.446. The summed E-state index contributed by atoms with van der Waals surface area (Å²) >= 11 is 0. The average molecular weight is 341 g/mol. The van der Waals surface area contributed by atoms with E-state index in [1.807, 2.05) is 29.2 Å². The van der Waals surface area contributed by atoms with Gasteiger partial charge in [0.25, 0.3) is 5.91 Å². The summed E-state index contributed by atoms with van der Waals surface area (Å²) in [6.45, 7) is 5.85. The van der Waals surface area contributed by atoms with Gasteiger partial charge in [-0.15, -0.1) is 0 Å². The van der Waals surface area contributed by atoms with Crippen LogP contribution in [0.3, 0.4) is 0 Å². The number of nitrogens with zero attached hydrogens (tertiary/aromatic N) is 1. The first kappa shape index (κ1) is 17.7. The van der Waals surface area contributed by atoms with Crippen molar-refractivity contribution in [3.05, 3.63) is 42.0 Å². The lowest BCUT2D eigenvalue weighted by Gasteiger charge is -2.28. The minimum absolute atomic E-state index is 0.0188. The van der Waals surface area contributed by atoms with E-state index in [0.717, 1.165) is 38.0 Å². The Balaban J connectivity index is 1.64. The highest BCUT2D eigenvalue weighted by Gasteiger charge is 2.26. The van der Waals surface area contributed by atoms with Crippen LogP contribution >= 0.6 is 0 Å². The van der Waals surface area contributed by atoms with Crippen molar-refractivity contribution in [1.29, 1.82) is 0 Å². The molecule has 1 saturated heterocycles. The van der Waals surface area contributed by atoms with Crippen LogP contribution in [-0.2, 0) is 16.0 Å². The topological polar surface area (TPSA) is 61.4 Å². The molecule has 0 bridgehead atoms. The van der Waals surface area contributed by atoms with Crippen LogP contribution in [0.15, 0.2) is 36.4 Å². The van der Waals surface area contributed by atoms with Crippen molar-refractivity contribution in [2.45, 2.75) is 45.2 Å². The van der Waals surface area contributed by atoms with E-state index in [2.05, 4.69) is 30.5 Å². The molecule has 134 valence electrons. The maximum absolute atomic E-state index is 12.6. The van der Waals surface area contributed by atoms with E-state index in [-0.39, 0.29) is 23.9 Å². The average Bonchev–Trinajstić information content (AvgIpc) is 2.94. The van der Waals surface area contributed by atoms with Gasteiger partial charge in [0.15, 0.2) is 0 Å². The molecule has 2 atom stereocenters. The number of rotatable bonds is 6. The summed E-state index contributed by atoms with van der Waals surface area (Å²) in [7, 11) is 0. The number of fused-ring (bicyclic) bond motifs is 1. The number of hydrogen-bond acceptors (Lipinski definition) is 3. The van der Waals surface area contributed by atoms with Gasteiger partial charge in [-0.1, -0.05) is 38.1 Å². The number of anilines is 1. The minimum Gasteiger partial charge on any atom is -0.349 e. The van der Waals surface area contributed by atoms with Crippen molar-refractivity contribution in [3.63, 3.8) is 0 Å². The van der Waals surface area contributed by atoms with Crippen LogP contribution in [0.5, 0.6) is 0 Å². The lowest BCUT2D eigenvalue weighted by atomic mass is 10.0. The van der Waals surface area contributed by atoms with Crippen LogP contribution in [0.1, 0.15) is 32.3 Å². The molecule has 0 spiro atoms. The largest absolute Gasteiger partial charge is 0.349 e. The van der Waals surface area contributed by atoms with Crippen LogP contribution in [0, 0.1) is 5.92 Å². The van der Waals surface area contributed by atoms with E-state index in [1.54, 1.807) is 6.08 Å². The highest BCUT2D eigenvalue weighted by Crippen LogP contribution is 2.27. The smallest absolute Gasteiger partial charge is 0.250 e. The predicted molar refractivity (Wildman–Crippen MR) is 99.4 cm³/mol. The molecule has 3 rings (SSSR count). The van der Waals surface area contributed by atoms with Crippen molar-refractivity contribution in [2.75, 3.05) is 18.0 Å². The molecule has 1 fully saturated rings. The fraction of sp³-hybridized carbons (Fsp3) is 0.500. The third-order valence-corrected chi connectivity index (χ3v) is 4.82. The summed E-state index contributed by atoms with van der Waals surface area (Å²) in [5.41, 5.74) is 2.22. The molecule has 0 aromatic heterocycles. The Morgan fingerprint density at radius 2 is 2.12 bits per heavy atom. The standard InChI is InChI=1S/C20H27N3O2/c1-14(2)13-16(22-20(25)17-9-11-21-17)7-8-19(24)23-12-10-15-5-3-4-6-18(15)23/h3-8,14,16-17,21H,9-13H2,1-2H3,(H,22,25). The van der Waals surface area contributed by atoms with Gasteiger partial charge in [0.05, 0.1) is 6.04 Å². The second kappa shape index (κ2) is 7.83. The first-order valence-electron chi connectivity index (χ1n) is 9.16. The van der Waals surface area contributed by atoms with E-state index in [0.29, 0.717) is 5.92 Å². The van der Waals surface area contributed by atoms with Gasteiger partial charge in [-0.05, 0) is 43.4 Å². The number of nitrogens with one attached hydrogen (secondary N) is 2. The quantitative estimate of drug-likeness (QED) is 0.778. The van der Waals surface area contributed by atoms with E-state index in [9.17, 15) is 9.59 Å². The lowest BCUT2D eigenvalue weighted by Crippen LogP contribution is -2.55. The predicted octanol–water partition coefficient (Wildman–Crippen LogP) is 2.02. The molecule has 5 heteroatoms. The van der Waals surface area contributed by atoms with Gasteiger partial charge in [-0.25, -0.2) is 0 Å². The SMILES string of the molecule is CC(C)CC(C=CC(=O)N1CCc2ccccc21)NC(=O)C1CCN1. The molecule has 0 radical (unpaired) electrons. The number of hydrogen-bond donors (Lipinski definition) is 2. The van der Waals surface area contributed by atoms with Gasteiger partial charge in [-0.3, -0.25) is 9.59 Å². The van der Waals surface area contributed by atoms with E-state index >= 15 is 0 Å². The maximum Gasteiger partial charge on any atom is 0.250 e. The zero-order valence-electron chi connectivity index (χ0n) is 15.0. The number of benzene rings is 1. The van der Waals surface area contributed by atoms with Crippen molar-refractivity contribution >= 4 is 17.5 Å². The number of para-hydroxylation sites is 1. The Bertz CT molecular complexity index is 665. The third-order valence-electron chi connectivity index (χ3n) is 4.82. The van der Waals surface area contributed by atoms with Gasteiger partial charge in [0.1, 0.15) is 0 Å². The minimum atomic E-state index is -0.114. The molecule has 2 amide bonds. The zero-order chi connectivity index (χ0) is 17.8. The van der Waals surface area contributed by atoms with Crippen molar-refractivity contribution in [1.82, 2.24) is 10.6 Å². The Kier molecular flexibility index (Phi) is 5.53. The van der Waals surface area contributed by atoms with Gasteiger partial charge >= 0.3 is 0 Å². The second-order valence-electron chi connectivity index (χ2n) is 7.27. The molecule has 2 N–H and O–H groups in total. The summed E-state index contributed by atoms with van der Waals surface area (Å²) in [6.07, 6.45) is 6.06. The highest BCUT2D eigenvalue weighted by molar-refractivity contribution is 6.03. The van der Waals surface area contributed by atoms with Crippen LogP contribution in [0.4, 0.5) is 5.69 Å². The van der Waals surface area contributed by atoms with Gasteiger partial charge in [-0.2, -0.15) is 0 Å². The molecular formula is C20H27N3O2. The molecule has 2 aliphatic rings. The molecule has 2 heterocycles. The monoisotopic (exact) mass is 341 g/mol. The number of amides is 2. The van der Waals surface area contributed by atoms with Crippen LogP contribution < -0.4 is 15.5 Å². The third kappa shape index (κ3) is 4.28. The van der Waals surface area contributed by atoms with E-state index in [1.165, 1.54) is 5.56 Å². The summed E-state index contributed by atoms with van der Waals surface area (Å²) in [5, 5.41) is 6.17. The first-order chi connectivity index (χ1) is 12.0. The zero-order valence-corrected chi connectivity index (χ0v) is 15.0. The van der Waals surface area contributed by atoms with Crippen molar-refractivity contribution in [2.24, 2.45) is 5.92 Å². The fourth-order valence-electron chi connectivity index (χ4n) is 3.34. The first-order valence-corrected chi connectivity index (χ1v) is 9.16. The number of carbonyl (C=O) groups is 2. The molecular weight excluding hydrogens is 314 g/mol. The van der Waals surface area contributed by atoms with Crippen LogP contribution in [0.25, 0.3) is 0 Å². The van der Waals surface area contributed by atoms with Gasteiger partial charge in [0.2, 0.25) is 5.91 Å². The fourth-order valence-corrected chi connectivity index (χ4v) is 3.34.